The first kappa shape index (κ1) is 30.0. The van der Waals surface area contributed by atoms with E-state index in [1.54, 1.807) is 66.7 Å². The maximum atomic E-state index is 14.2. The highest BCUT2D eigenvalue weighted by Gasteiger charge is 2.48. The number of Topliss-reactive ketones (excluding diaryl/α,β-unsaturated/α-hetero) is 1. The molecular formula is C34H26FN3O5S2. The molecule has 0 aliphatic carbocycles. The smallest absolute Gasteiger partial charge is 0.301 e. The van der Waals surface area contributed by atoms with Gasteiger partial charge in [0.05, 0.1) is 18.7 Å². The van der Waals surface area contributed by atoms with E-state index in [-0.39, 0.29) is 22.3 Å². The molecule has 1 aliphatic rings. The van der Waals surface area contributed by atoms with Crippen molar-refractivity contribution >= 4 is 45.7 Å². The number of ketones is 1. The van der Waals surface area contributed by atoms with E-state index in [9.17, 15) is 19.1 Å². The van der Waals surface area contributed by atoms with E-state index in [1.807, 2.05) is 30.3 Å². The van der Waals surface area contributed by atoms with Gasteiger partial charge in [-0.2, -0.15) is 0 Å². The van der Waals surface area contributed by atoms with Crippen molar-refractivity contribution in [2.24, 2.45) is 0 Å². The van der Waals surface area contributed by atoms with Crippen LogP contribution in [0.25, 0.3) is 5.76 Å². The number of aliphatic hydroxyl groups is 1. The summed E-state index contributed by atoms with van der Waals surface area (Å²) >= 11 is 2.37. The summed E-state index contributed by atoms with van der Waals surface area (Å²) in [6, 6.07) is 28.7. The zero-order chi connectivity index (χ0) is 31.3. The highest BCUT2D eigenvalue weighted by molar-refractivity contribution is 8.00. The Morgan fingerprint density at radius 1 is 0.933 bits per heavy atom. The Bertz CT molecular complexity index is 1880. The lowest BCUT2D eigenvalue weighted by Crippen LogP contribution is -2.29. The maximum Gasteiger partial charge on any atom is 0.301 e. The Kier molecular flexibility index (Phi) is 8.90. The number of thioether (sulfide) groups is 1. The molecule has 1 amide bonds. The number of amides is 1. The molecule has 0 spiro atoms. The van der Waals surface area contributed by atoms with E-state index in [4.69, 9.17) is 9.47 Å². The zero-order valence-corrected chi connectivity index (χ0v) is 25.6. The van der Waals surface area contributed by atoms with Crippen LogP contribution in [0.5, 0.6) is 11.5 Å². The minimum Gasteiger partial charge on any atom is -0.507 e. The van der Waals surface area contributed by atoms with Crippen LogP contribution in [0.3, 0.4) is 0 Å². The molecule has 1 unspecified atom stereocenters. The molecule has 1 N–H and O–H groups in total. The molecule has 0 radical (unpaired) electrons. The number of hydrogen-bond donors (Lipinski definition) is 1. The average molecular weight is 640 g/mol. The monoisotopic (exact) mass is 639 g/mol. The Hall–Kier alpha value is -5.00. The second-order valence-corrected chi connectivity index (χ2v) is 12.2. The normalized spacial score (nSPS) is 15.8. The molecule has 0 saturated carbocycles. The van der Waals surface area contributed by atoms with Gasteiger partial charge in [-0.1, -0.05) is 83.8 Å². The predicted octanol–water partition coefficient (Wildman–Crippen LogP) is 7.18. The van der Waals surface area contributed by atoms with Gasteiger partial charge in [0.15, 0.2) is 4.34 Å². The topological polar surface area (TPSA) is 102 Å². The third-order valence-corrected chi connectivity index (χ3v) is 9.25. The minimum atomic E-state index is -1.02. The van der Waals surface area contributed by atoms with Crippen LogP contribution in [-0.2, 0) is 21.9 Å². The second kappa shape index (κ2) is 13.3. The molecule has 6 rings (SSSR count). The van der Waals surface area contributed by atoms with Gasteiger partial charge in [-0.25, -0.2) is 4.39 Å². The van der Waals surface area contributed by atoms with Gasteiger partial charge in [-0.3, -0.25) is 14.5 Å². The minimum absolute atomic E-state index is 0.0962. The number of aliphatic hydroxyl groups excluding tert-OH is 1. The van der Waals surface area contributed by atoms with Crippen LogP contribution >= 0.6 is 23.1 Å². The van der Waals surface area contributed by atoms with Gasteiger partial charge in [0, 0.05) is 11.3 Å². The Morgan fingerprint density at radius 3 is 2.44 bits per heavy atom. The lowest BCUT2D eigenvalue weighted by Gasteiger charge is -2.23. The number of carbonyl (C=O) groups is 2. The van der Waals surface area contributed by atoms with Crippen molar-refractivity contribution in [3.63, 3.8) is 0 Å². The van der Waals surface area contributed by atoms with Gasteiger partial charge in [0.25, 0.3) is 5.78 Å². The van der Waals surface area contributed by atoms with Crippen LogP contribution < -0.4 is 14.4 Å². The highest BCUT2D eigenvalue weighted by Crippen LogP contribution is 2.44. The number of methoxy groups -OCH3 is 1. The van der Waals surface area contributed by atoms with Crippen molar-refractivity contribution < 1.29 is 28.6 Å². The zero-order valence-electron chi connectivity index (χ0n) is 23.9. The first-order valence-corrected chi connectivity index (χ1v) is 15.6. The summed E-state index contributed by atoms with van der Waals surface area (Å²) in [7, 11) is 1.53. The number of rotatable bonds is 10. The molecule has 1 aliphatic heterocycles. The number of aromatic nitrogens is 2. The Balaban J connectivity index is 1.37. The number of ether oxygens (including phenoxy) is 2. The van der Waals surface area contributed by atoms with Crippen molar-refractivity contribution in [2.75, 3.05) is 12.0 Å². The summed E-state index contributed by atoms with van der Waals surface area (Å²) in [6.07, 6.45) is 0. The molecule has 1 atom stereocenters. The van der Waals surface area contributed by atoms with Crippen LogP contribution in [0.4, 0.5) is 9.52 Å². The SMILES string of the molecule is COc1ccc(C(O)=C2C(=O)C(=O)N(c3nnc(SCc4ccccc4F)s3)C2c2cccc(OCc3ccccc3)c2)cc1. The van der Waals surface area contributed by atoms with Gasteiger partial charge in [0.2, 0.25) is 5.13 Å². The fourth-order valence-corrected chi connectivity index (χ4v) is 6.73. The molecule has 1 aromatic heterocycles. The Morgan fingerprint density at radius 2 is 1.69 bits per heavy atom. The molecule has 1 fully saturated rings. The van der Waals surface area contributed by atoms with Gasteiger partial charge in [-0.15, -0.1) is 10.2 Å². The van der Waals surface area contributed by atoms with E-state index in [1.165, 1.54) is 29.8 Å². The van der Waals surface area contributed by atoms with Gasteiger partial charge < -0.3 is 14.6 Å². The fraction of sp³-hybridized carbons (Fsp3) is 0.118. The van der Waals surface area contributed by atoms with Crippen molar-refractivity contribution in [2.45, 2.75) is 22.7 Å². The first-order chi connectivity index (χ1) is 21.9. The van der Waals surface area contributed by atoms with E-state index in [2.05, 4.69) is 10.2 Å². The van der Waals surface area contributed by atoms with Crippen molar-refractivity contribution in [3.8, 4) is 11.5 Å². The quantitative estimate of drug-likeness (QED) is 0.0564. The third-order valence-electron chi connectivity index (χ3n) is 7.14. The third kappa shape index (κ3) is 6.45. The molecule has 8 nitrogen and oxygen atoms in total. The fourth-order valence-electron chi connectivity index (χ4n) is 4.88. The van der Waals surface area contributed by atoms with E-state index in [0.717, 1.165) is 16.9 Å². The summed E-state index contributed by atoms with van der Waals surface area (Å²) in [5.41, 5.74) is 2.26. The molecule has 1 saturated heterocycles. The lowest BCUT2D eigenvalue weighted by molar-refractivity contribution is -0.132. The van der Waals surface area contributed by atoms with Gasteiger partial charge in [0.1, 0.15) is 29.7 Å². The molecule has 5 aromatic rings. The van der Waals surface area contributed by atoms with Gasteiger partial charge in [-0.05, 0) is 59.2 Å². The molecule has 2 heterocycles. The van der Waals surface area contributed by atoms with Crippen molar-refractivity contribution in [1.82, 2.24) is 10.2 Å². The Labute approximate surface area is 266 Å². The summed E-state index contributed by atoms with van der Waals surface area (Å²) in [5.74, 6) is -0.981. The number of benzene rings is 4. The molecule has 11 heteroatoms. The van der Waals surface area contributed by atoms with Gasteiger partial charge >= 0.3 is 5.91 Å². The largest absolute Gasteiger partial charge is 0.507 e. The summed E-state index contributed by atoms with van der Waals surface area (Å²) in [4.78, 5) is 28.5. The maximum absolute atomic E-state index is 14.2. The van der Waals surface area contributed by atoms with Crippen LogP contribution in [0.2, 0.25) is 0 Å². The molecular weight excluding hydrogens is 614 g/mol. The molecule has 0 bridgehead atoms. The van der Waals surface area contributed by atoms with E-state index < -0.39 is 17.7 Å². The first-order valence-electron chi connectivity index (χ1n) is 13.8. The van der Waals surface area contributed by atoms with Crippen LogP contribution in [0.1, 0.15) is 28.3 Å². The molecule has 226 valence electrons. The standard InChI is InChI=1S/C34H26FN3O5S2/c1-42-25-16-14-22(15-17-25)30(39)28-29(23-11-7-12-26(18-23)43-19-21-8-3-2-4-9-21)38(32(41)31(28)40)33-36-37-34(45-33)44-20-24-10-5-6-13-27(24)35/h2-18,29,39H,19-20H2,1H3. The highest BCUT2D eigenvalue weighted by atomic mass is 32.2. The summed E-state index contributed by atoms with van der Waals surface area (Å²) in [5, 5.41) is 20.1. The number of carbonyl (C=O) groups excluding carboxylic acids is 2. The molecule has 45 heavy (non-hydrogen) atoms. The predicted molar refractivity (Wildman–Crippen MR) is 171 cm³/mol. The number of nitrogens with zero attached hydrogens (tertiary/aromatic N) is 3. The van der Waals surface area contributed by atoms with Crippen molar-refractivity contribution in [1.29, 1.82) is 0 Å². The number of hydrogen-bond acceptors (Lipinski definition) is 9. The molecule has 4 aromatic carbocycles. The second-order valence-electron chi connectivity index (χ2n) is 9.97. The lowest BCUT2D eigenvalue weighted by atomic mass is 9.95. The summed E-state index contributed by atoms with van der Waals surface area (Å²) in [6.45, 7) is 0.315. The average Bonchev–Trinajstić information content (AvgIpc) is 3.65. The van der Waals surface area contributed by atoms with E-state index in [0.29, 0.717) is 44.9 Å². The van der Waals surface area contributed by atoms with Crippen LogP contribution in [-0.4, -0.2) is 34.1 Å². The number of anilines is 1. The summed E-state index contributed by atoms with van der Waals surface area (Å²) < 4.78 is 25.9. The van der Waals surface area contributed by atoms with Crippen molar-refractivity contribution in [3.05, 3.63) is 137 Å². The van der Waals surface area contributed by atoms with Crippen LogP contribution in [0, 0.1) is 5.82 Å². The van der Waals surface area contributed by atoms with Crippen LogP contribution in [0.15, 0.2) is 113 Å². The van der Waals surface area contributed by atoms with E-state index >= 15 is 0 Å². The number of halogens is 1.